The van der Waals surface area contributed by atoms with Gasteiger partial charge in [-0.15, -0.1) is 0 Å². The van der Waals surface area contributed by atoms with Crippen LogP contribution in [0.4, 0.5) is 17.3 Å². The van der Waals surface area contributed by atoms with Gasteiger partial charge in [0.25, 0.3) is 5.91 Å². The van der Waals surface area contributed by atoms with Crippen LogP contribution in [0.15, 0.2) is 48.5 Å². The lowest BCUT2D eigenvalue weighted by Gasteiger charge is -2.23. The molecule has 1 amide bonds. The van der Waals surface area contributed by atoms with Gasteiger partial charge in [0.05, 0.1) is 0 Å². The normalized spacial score (nSPS) is 11.2. The molecule has 0 aliphatic rings. The number of carbonyl (C=O) groups is 1. The molecule has 0 aliphatic heterocycles. The Morgan fingerprint density at radius 2 is 1.61 bits per heavy atom. The molecule has 2 aromatic carbocycles. The van der Waals surface area contributed by atoms with Crippen molar-refractivity contribution in [3.63, 3.8) is 0 Å². The molecule has 162 valence electrons. The zero-order valence-corrected chi connectivity index (χ0v) is 19.0. The van der Waals surface area contributed by atoms with Gasteiger partial charge in [-0.1, -0.05) is 44.5 Å². The van der Waals surface area contributed by atoms with Crippen LogP contribution in [0.25, 0.3) is 0 Å². The van der Waals surface area contributed by atoms with Crippen LogP contribution in [-0.2, 0) is 10.2 Å². The second-order valence-electron chi connectivity index (χ2n) is 8.77. The van der Waals surface area contributed by atoms with E-state index in [1.807, 2.05) is 56.3 Å². The van der Waals surface area contributed by atoms with Crippen LogP contribution < -0.4 is 15.4 Å². The number of benzene rings is 2. The van der Waals surface area contributed by atoms with E-state index < -0.39 is 0 Å². The minimum absolute atomic E-state index is 0.0655. The second-order valence-corrected chi connectivity index (χ2v) is 8.77. The van der Waals surface area contributed by atoms with Crippen LogP contribution in [-0.4, -0.2) is 22.5 Å². The third kappa shape index (κ3) is 6.28. The lowest BCUT2D eigenvalue weighted by molar-refractivity contribution is -0.118. The first kappa shape index (κ1) is 22.3. The molecule has 6 heteroatoms. The van der Waals surface area contributed by atoms with Crippen LogP contribution in [0.5, 0.6) is 5.75 Å². The summed E-state index contributed by atoms with van der Waals surface area (Å²) in [7, 11) is 0. The van der Waals surface area contributed by atoms with E-state index >= 15 is 0 Å². The van der Waals surface area contributed by atoms with E-state index in [4.69, 9.17) is 4.74 Å². The third-order valence-electron chi connectivity index (χ3n) is 4.69. The van der Waals surface area contributed by atoms with E-state index in [2.05, 4.69) is 54.4 Å². The molecular weight excluding hydrogens is 388 g/mol. The maximum atomic E-state index is 12.5. The number of aryl methyl sites for hydroxylation is 3. The maximum Gasteiger partial charge on any atom is 0.262 e. The van der Waals surface area contributed by atoms with Gasteiger partial charge in [0.1, 0.15) is 5.75 Å². The summed E-state index contributed by atoms with van der Waals surface area (Å²) < 4.78 is 5.86. The average Bonchev–Trinajstić information content (AvgIpc) is 2.65. The van der Waals surface area contributed by atoms with Crippen LogP contribution in [0.3, 0.4) is 0 Å². The van der Waals surface area contributed by atoms with E-state index in [0.29, 0.717) is 11.6 Å². The van der Waals surface area contributed by atoms with Crippen LogP contribution in [0, 0.1) is 20.8 Å². The Morgan fingerprint density at radius 1 is 0.935 bits per heavy atom. The zero-order chi connectivity index (χ0) is 22.6. The summed E-state index contributed by atoms with van der Waals surface area (Å²) >= 11 is 0. The van der Waals surface area contributed by atoms with Gasteiger partial charge < -0.3 is 15.4 Å². The first-order valence-electron chi connectivity index (χ1n) is 10.3. The Morgan fingerprint density at radius 3 is 2.29 bits per heavy atom. The molecule has 3 aromatic rings. The molecule has 0 saturated carbocycles. The predicted molar refractivity (Wildman–Crippen MR) is 125 cm³/mol. The van der Waals surface area contributed by atoms with Crippen molar-refractivity contribution in [1.82, 2.24) is 9.97 Å². The van der Waals surface area contributed by atoms with Crippen molar-refractivity contribution >= 4 is 23.2 Å². The predicted octanol–water partition coefficient (Wildman–Crippen LogP) is 5.46. The van der Waals surface area contributed by atoms with E-state index in [-0.39, 0.29) is 17.9 Å². The SMILES string of the molecule is Cc1ccc(OCC(=O)Nc2cccc(Nc3nc(C)cc(C)n3)c2)c(C(C)(C)C)c1. The molecule has 1 aromatic heterocycles. The molecule has 2 N–H and O–H groups in total. The lowest BCUT2D eigenvalue weighted by Crippen LogP contribution is -2.22. The molecule has 0 radical (unpaired) electrons. The lowest BCUT2D eigenvalue weighted by atomic mass is 9.85. The number of nitrogens with one attached hydrogen (secondary N) is 2. The van der Waals surface area contributed by atoms with Gasteiger partial charge in [0, 0.05) is 22.8 Å². The summed E-state index contributed by atoms with van der Waals surface area (Å²) in [4.78, 5) is 21.3. The van der Waals surface area contributed by atoms with Crippen molar-refractivity contribution < 1.29 is 9.53 Å². The number of anilines is 3. The first-order chi connectivity index (χ1) is 14.6. The molecule has 6 nitrogen and oxygen atoms in total. The molecule has 0 aliphatic carbocycles. The van der Waals surface area contributed by atoms with Crippen molar-refractivity contribution in [3.8, 4) is 5.75 Å². The highest BCUT2D eigenvalue weighted by Crippen LogP contribution is 2.32. The largest absolute Gasteiger partial charge is 0.483 e. The van der Waals surface area contributed by atoms with E-state index in [9.17, 15) is 4.79 Å². The van der Waals surface area contributed by atoms with Gasteiger partial charge in [-0.25, -0.2) is 9.97 Å². The minimum atomic E-state index is -0.222. The van der Waals surface area contributed by atoms with Gasteiger partial charge >= 0.3 is 0 Å². The van der Waals surface area contributed by atoms with Gasteiger partial charge in [-0.05, 0) is 62.1 Å². The van der Waals surface area contributed by atoms with Gasteiger partial charge in [-0.3, -0.25) is 4.79 Å². The number of rotatable bonds is 6. The molecule has 1 heterocycles. The Balaban J connectivity index is 1.65. The van der Waals surface area contributed by atoms with Crippen LogP contribution >= 0.6 is 0 Å². The number of ether oxygens (including phenoxy) is 1. The fourth-order valence-electron chi connectivity index (χ4n) is 3.28. The molecule has 0 fully saturated rings. The van der Waals surface area contributed by atoms with Crippen molar-refractivity contribution in [2.24, 2.45) is 0 Å². The number of carbonyl (C=O) groups excluding carboxylic acids is 1. The molecule has 0 atom stereocenters. The van der Waals surface area contributed by atoms with Crippen LogP contribution in [0.2, 0.25) is 0 Å². The van der Waals surface area contributed by atoms with Crippen molar-refractivity contribution in [3.05, 3.63) is 71.0 Å². The summed E-state index contributed by atoms with van der Waals surface area (Å²) in [5.41, 5.74) is 5.41. The monoisotopic (exact) mass is 418 g/mol. The Hall–Kier alpha value is -3.41. The number of amides is 1. The summed E-state index contributed by atoms with van der Waals surface area (Å²) in [6.45, 7) is 12.2. The fourth-order valence-corrected chi connectivity index (χ4v) is 3.28. The smallest absolute Gasteiger partial charge is 0.262 e. The molecule has 0 unspecified atom stereocenters. The molecule has 3 rings (SSSR count). The zero-order valence-electron chi connectivity index (χ0n) is 19.0. The van der Waals surface area contributed by atoms with Crippen molar-refractivity contribution in [2.75, 3.05) is 17.2 Å². The standard InChI is InChI=1S/C25H30N4O2/c1-16-10-11-22(21(12-16)25(4,5)6)31-15-23(30)28-19-8-7-9-20(14-19)29-24-26-17(2)13-18(3)27-24/h7-14H,15H2,1-6H3,(H,28,30)(H,26,27,29). The first-order valence-corrected chi connectivity index (χ1v) is 10.3. The highest BCUT2D eigenvalue weighted by molar-refractivity contribution is 5.92. The van der Waals surface area contributed by atoms with E-state index in [1.165, 1.54) is 5.56 Å². The number of hydrogen-bond donors (Lipinski definition) is 2. The topological polar surface area (TPSA) is 76.1 Å². The minimum Gasteiger partial charge on any atom is -0.483 e. The number of aromatic nitrogens is 2. The highest BCUT2D eigenvalue weighted by Gasteiger charge is 2.19. The van der Waals surface area contributed by atoms with Crippen molar-refractivity contribution in [1.29, 1.82) is 0 Å². The van der Waals surface area contributed by atoms with Gasteiger partial charge in [0.15, 0.2) is 6.61 Å². The Kier molecular flexibility index (Phi) is 6.59. The molecule has 0 spiro atoms. The summed E-state index contributed by atoms with van der Waals surface area (Å²) in [6, 6.07) is 15.4. The fraction of sp³-hybridized carbons (Fsp3) is 0.320. The Bertz CT molecular complexity index is 1070. The molecule has 0 bridgehead atoms. The van der Waals surface area contributed by atoms with Gasteiger partial charge in [-0.2, -0.15) is 0 Å². The Labute approximate surface area is 184 Å². The summed E-state index contributed by atoms with van der Waals surface area (Å²) in [6.07, 6.45) is 0. The molecule has 0 saturated heterocycles. The highest BCUT2D eigenvalue weighted by atomic mass is 16.5. The maximum absolute atomic E-state index is 12.5. The quantitative estimate of drug-likeness (QED) is 0.556. The molecular formula is C25H30N4O2. The average molecular weight is 419 g/mol. The van der Waals surface area contributed by atoms with Crippen molar-refractivity contribution in [2.45, 2.75) is 47.0 Å². The second kappa shape index (κ2) is 9.16. The van der Waals surface area contributed by atoms with Gasteiger partial charge in [0.2, 0.25) is 5.95 Å². The third-order valence-corrected chi connectivity index (χ3v) is 4.69. The molecule has 31 heavy (non-hydrogen) atoms. The summed E-state index contributed by atoms with van der Waals surface area (Å²) in [5.74, 6) is 1.04. The summed E-state index contributed by atoms with van der Waals surface area (Å²) in [5, 5.41) is 6.07. The van der Waals surface area contributed by atoms with E-state index in [0.717, 1.165) is 28.4 Å². The van der Waals surface area contributed by atoms with Crippen LogP contribution in [0.1, 0.15) is 43.3 Å². The number of nitrogens with zero attached hydrogens (tertiary/aromatic N) is 2. The number of hydrogen-bond acceptors (Lipinski definition) is 5. The van der Waals surface area contributed by atoms with E-state index in [1.54, 1.807) is 0 Å².